The summed E-state index contributed by atoms with van der Waals surface area (Å²) >= 11 is 0. The fourth-order valence-electron chi connectivity index (χ4n) is 8.66. The molecule has 4 aromatic rings. The standard InChI is InChI=1S/C40H49N7O2/c1-44-21-17-33(18-22-44)47-37-13-7-6-12-35(37)41-38(47)36(27-28-14-15-29-8-2-3-10-31(29)26-28)43-39(48)45-23-19-32(20-24-45)46-25-16-30-9-4-5-11-34(30)42-40(46)49/h4-7,9,11-15,26,32-33,36H,2-3,8,10,16-25,27H2,1H3,(H,42,49)(H,43,48)/t36-/m1/s1. The number of para-hydroxylation sites is 3. The first-order valence-electron chi connectivity index (χ1n) is 18.5. The normalized spacial score (nSPS) is 20.0. The van der Waals surface area contributed by atoms with Crippen LogP contribution in [0.5, 0.6) is 0 Å². The van der Waals surface area contributed by atoms with Crippen LogP contribution in [0.25, 0.3) is 11.0 Å². The average molecular weight is 660 g/mol. The van der Waals surface area contributed by atoms with Gasteiger partial charge < -0.3 is 29.9 Å². The van der Waals surface area contributed by atoms with E-state index in [1.54, 1.807) is 0 Å². The number of imidazole rings is 1. The van der Waals surface area contributed by atoms with E-state index in [1.165, 1.54) is 35.1 Å². The highest BCUT2D eigenvalue weighted by molar-refractivity contribution is 5.91. The molecule has 1 aromatic heterocycles. The van der Waals surface area contributed by atoms with Gasteiger partial charge in [0.15, 0.2) is 0 Å². The number of carbonyl (C=O) groups is 2. The zero-order valence-electron chi connectivity index (χ0n) is 28.7. The van der Waals surface area contributed by atoms with Gasteiger partial charge >= 0.3 is 12.1 Å². The third-order valence-electron chi connectivity index (χ3n) is 11.5. The van der Waals surface area contributed by atoms with Crippen LogP contribution in [-0.4, -0.2) is 82.1 Å². The quantitative estimate of drug-likeness (QED) is 0.241. The molecule has 4 aliphatic rings. The second-order valence-corrected chi connectivity index (χ2v) is 14.6. The van der Waals surface area contributed by atoms with Crippen LogP contribution in [-0.2, 0) is 25.7 Å². The first-order valence-corrected chi connectivity index (χ1v) is 18.5. The van der Waals surface area contributed by atoms with E-state index in [0.29, 0.717) is 32.1 Å². The zero-order chi connectivity index (χ0) is 33.3. The number of nitrogens with zero attached hydrogens (tertiary/aromatic N) is 5. The summed E-state index contributed by atoms with van der Waals surface area (Å²) in [5.74, 6) is 0.956. The number of hydrogen-bond donors (Lipinski definition) is 2. The van der Waals surface area contributed by atoms with Gasteiger partial charge in [0.2, 0.25) is 0 Å². The Morgan fingerprint density at radius 1 is 0.837 bits per heavy atom. The minimum Gasteiger partial charge on any atom is -0.328 e. The van der Waals surface area contributed by atoms with Crippen molar-refractivity contribution in [1.82, 2.24) is 29.6 Å². The molecule has 49 heavy (non-hydrogen) atoms. The molecule has 4 amide bonds. The van der Waals surface area contributed by atoms with Crippen LogP contribution in [0.1, 0.15) is 78.7 Å². The lowest BCUT2D eigenvalue weighted by molar-refractivity contribution is 0.132. The van der Waals surface area contributed by atoms with E-state index in [4.69, 9.17) is 4.98 Å². The maximum atomic E-state index is 14.2. The first-order chi connectivity index (χ1) is 24.0. The maximum Gasteiger partial charge on any atom is 0.322 e. The monoisotopic (exact) mass is 659 g/mol. The summed E-state index contributed by atoms with van der Waals surface area (Å²) in [4.78, 5) is 39.0. The summed E-state index contributed by atoms with van der Waals surface area (Å²) in [6, 6.07) is 23.6. The second-order valence-electron chi connectivity index (χ2n) is 14.6. The molecule has 9 heteroatoms. The summed E-state index contributed by atoms with van der Waals surface area (Å²) in [5.41, 5.74) is 8.39. The maximum absolute atomic E-state index is 14.2. The second kappa shape index (κ2) is 13.9. The van der Waals surface area contributed by atoms with E-state index in [9.17, 15) is 9.59 Å². The smallest absolute Gasteiger partial charge is 0.322 e. The van der Waals surface area contributed by atoms with Crippen molar-refractivity contribution in [3.8, 4) is 0 Å². The Hall–Kier alpha value is -4.37. The topological polar surface area (TPSA) is 85.7 Å². The molecule has 2 fully saturated rings. The Bertz CT molecular complexity index is 1820. The van der Waals surface area contributed by atoms with Gasteiger partial charge in [-0.15, -0.1) is 0 Å². The molecule has 0 saturated carbocycles. The summed E-state index contributed by atoms with van der Waals surface area (Å²) in [6.45, 7) is 4.02. The number of benzene rings is 3. The molecule has 2 N–H and O–H groups in total. The fraction of sp³-hybridized carbons (Fsp3) is 0.475. The van der Waals surface area contributed by atoms with E-state index < -0.39 is 0 Å². The van der Waals surface area contributed by atoms with Gasteiger partial charge in [-0.05, 0) is 125 Å². The number of hydrogen-bond acceptors (Lipinski definition) is 4. The van der Waals surface area contributed by atoms with Crippen LogP contribution < -0.4 is 10.6 Å². The summed E-state index contributed by atoms with van der Waals surface area (Å²) in [5, 5.41) is 6.62. The molecule has 0 radical (unpaired) electrons. The number of piperidine rings is 2. The summed E-state index contributed by atoms with van der Waals surface area (Å²) < 4.78 is 2.45. The SMILES string of the molecule is CN1CCC(n2c([C@@H](Cc3ccc4c(c3)CCCC4)NC(=O)N3CCC(N4CCc5ccccc5NC4=O)CC3)nc3ccccc32)CC1. The van der Waals surface area contributed by atoms with Gasteiger partial charge in [0.05, 0.1) is 17.1 Å². The molecule has 2 saturated heterocycles. The first kappa shape index (κ1) is 31.9. The number of aromatic nitrogens is 2. The molecule has 3 aromatic carbocycles. The minimum atomic E-state index is -0.270. The van der Waals surface area contributed by atoms with E-state index >= 15 is 0 Å². The van der Waals surface area contributed by atoms with Crippen LogP contribution in [0.3, 0.4) is 0 Å². The molecule has 0 unspecified atom stereocenters. The van der Waals surface area contributed by atoms with Crippen molar-refractivity contribution in [2.45, 2.75) is 82.3 Å². The average Bonchev–Trinajstić information content (AvgIpc) is 3.43. The molecule has 1 aliphatic carbocycles. The van der Waals surface area contributed by atoms with Crippen molar-refractivity contribution < 1.29 is 9.59 Å². The molecule has 0 spiro atoms. The highest BCUT2D eigenvalue weighted by Crippen LogP contribution is 2.33. The van der Waals surface area contributed by atoms with Crippen LogP contribution in [0.15, 0.2) is 66.7 Å². The summed E-state index contributed by atoms with van der Waals surface area (Å²) in [6.07, 6.45) is 9.97. The molecular weight excluding hydrogens is 610 g/mol. The van der Waals surface area contributed by atoms with E-state index in [-0.39, 0.29) is 24.1 Å². The van der Waals surface area contributed by atoms with Gasteiger partial charge in [-0.3, -0.25) is 0 Å². The third kappa shape index (κ3) is 6.65. The molecule has 4 heterocycles. The van der Waals surface area contributed by atoms with Crippen LogP contribution in [0.2, 0.25) is 0 Å². The summed E-state index contributed by atoms with van der Waals surface area (Å²) in [7, 11) is 2.20. The highest BCUT2D eigenvalue weighted by Gasteiger charge is 2.34. The van der Waals surface area contributed by atoms with Gasteiger partial charge in [-0.2, -0.15) is 0 Å². The number of fused-ring (bicyclic) bond motifs is 3. The van der Waals surface area contributed by atoms with E-state index in [2.05, 4.69) is 75.7 Å². The predicted molar refractivity (Wildman–Crippen MR) is 194 cm³/mol. The van der Waals surface area contributed by atoms with Crippen LogP contribution in [0.4, 0.5) is 15.3 Å². The van der Waals surface area contributed by atoms with Crippen molar-refractivity contribution in [3.63, 3.8) is 0 Å². The number of likely N-dealkylation sites (tertiary alicyclic amines) is 2. The number of anilines is 1. The largest absolute Gasteiger partial charge is 0.328 e. The molecule has 1 atom stereocenters. The number of carbonyl (C=O) groups excluding carboxylic acids is 2. The minimum absolute atomic E-state index is 0.0363. The zero-order valence-corrected chi connectivity index (χ0v) is 28.7. The van der Waals surface area contributed by atoms with Gasteiger partial charge in [0.1, 0.15) is 5.82 Å². The van der Waals surface area contributed by atoms with Gasteiger partial charge in [0, 0.05) is 37.4 Å². The lowest BCUT2D eigenvalue weighted by Gasteiger charge is -2.38. The van der Waals surface area contributed by atoms with Crippen molar-refractivity contribution >= 4 is 28.8 Å². The number of rotatable bonds is 6. The lowest BCUT2D eigenvalue weighted by Crippen LogP contribution is -2.52. The number of urea groups is 2. The lowest BCUT2D eigenvalue weighted by atomic mass is 9.89. The highest BCUT2D eigenvalue weighted by atomic mass is 16.2. The van der Waals surface area contributed by atoms with Crippen LogP contribution >= 0.6 is 0 Å². The Kier molecular flexibility index (Phi) is 9.02. The number of amides is 4. The van der Waals surface area contributed by atoms with Gasteiger partial charge in [-0.25, -0.2) is 14.6 Å². The van der Waals surface area contributed by atoms with Crippen molar-refractivity contribution in [2.75, 3.05) is 45.1 Å². The third-order valence-corrected chi connectivity index (χ3v) is 11.5. The predicted octanol–water partition coefficient (Wildman–Crippen LogP) is 6.73. The molecule has 0 bridgehead atoms. The molecule has 8 rings (SSSR count). The molecule has 256 valence electrons. The van der Waals surface area contributed by atoms with E-state index in [0.717, 1.165) is 80.6 Å². The van der Waals surface area contributed by atoms with Crippen LogP contribution in [0, 0.1) is 0 Å². The van der Waals surface area contributed by atoms with Crippen molar-refractivity contribution in [2.24, 2.45) is 0 Å². The Balaban J connectivity index is 1.03. The van der Waals surface area contributed by atoms with E-state index in [1.807, 2.05) is 28.0 Å². The van der Waals surface area contributed by atoms with Crippen molar-refractivity contribution in [1.29, 1.82) is 0 Å². The molecule has 3 aliphatic heterocycles. The Morgan fingerprint density at radius 3 is 2.41 bits per heavy atom. The molecular formula is C40H49N7O2. The van der Waals surface area contributed by atoms with Crippen molar-refractivity contribution in [3.05, 3.63) is 94.8 Å². The number of aryl methyl sites for hydroxylation is 2. The van der Waals surface area contributed by atoms with Gasteiger partial charge in [-0.1, -0.05) is 48.5 Å². The Labute approximate surface area is 289 Å². The number of nitrogens with one attached hydrogen (secondary N) is 2. The fourth-order valence-corrected chi connectivity index (χ4v) is 8.66. The Morgan fingerprint density at radius 2 is 1.57 bits per heavy atom. The van der Waals surface area contributed by atoms with Gasteiger partial charge in [0.25, 0.3) is 0 Å². The molecule has 9 nitrogen and oxygen atoms in total.